The van der Waals surface area contributed by atoms with Gasteiger partial charge in [0.05, 0.1) is 37.6 Å². The third-order valence-electron chi connectivity index (χ3n) is 10.5. The molecule has 0 aliphatic carbocycles. The number of nitrogens with zero attached hydrogens (tertiary/aromatic N) is 5. The number of carbonyl (C=O) groups excluding carboxylic acids is 3. The lowest BCUT2D eigenvalue weighted by Crippen LogP contribution is -2.51. The Morgan fingerprint density at radius 1 is 0.750 bits per heavy atom. The maximum Gasteiger partial charge on any atom is 0.266 e. The second-order valence-electron chi connectivity index (χ2n) is 14.1. The van der Waals surface area contributed by atoms with Gasteiger partial charge in [0.25, 0.3) is 11.8 Å². The van der Waals surface area contributed by atoms with E-state index < -0.39 is 23.8 Å². The summed E-state index contributed by atoms with van der Waals surface area (Å²) in [5.41, 5.74) is 5.28. The number of piperazine rings is 1. The first-order valence-corrected chi connectivity index (χ1v) is 19.1. The Balaban J connectivity index is 0.674. The standard InChI is InChI=1S/C42H45N7O7/c1-28-5-9-36(40(50)45-28)49-41(51)32-3-2-4-37(39(32)42(49)52)55-24-23-54-22-21-53-19-17-47-13-15-48(16-14-47)18-20-56-38-10-7-30(26-44-38)29-6-8-31-33-27-43-12-11-34(33)46-35(31)25-29/h2-4,6-8,10-12,25-27,36,46H,1,5,9,13-24H2,(H,45,50). The van der Waals surface area contributed by atoms with Crippen LogP contribution in [-0.2, 0) is 14.3 Å². The number of hydrogen-bond acceptors (Lipinski definition) is 11. The maximum absolute atomic E-state index is 13.3. The van der Waals surface area contributed by atoms with Crippen molar-refractivity contribution in [3.05, 3.63) is 96.6 Å². The molecule has 1 unspecified atom stereocenters. The lowest BCUT2D eigenvalue weighted by molar-refractivity contribution is -0.125. The highest BCUT2D eigenvalue weighted by molar-refractivity contribution is 6.24. The number of pyridine rings is 2. The molecule has 3 amide bonds. The number of rotatable bonds is 16. The minimum Gasteiger partial charge on any atom is -0.490 e. The molecule has 2 fully saturated rings. The van der Waals surface area contributed by atoms with Crippen LogP contribution in [0.3, 0.4) is 0 Å². The van der Waals surface area contributed by atoms with Crippen molar-refractivity contribution in [3.8, 4) is 22.8 Å². The van der Waals surface area contributed by atoms with Gasteiger partial charge in [0.15, 0.2) is 0 Å². The predicted molar refractivity (Wildman–Crippen MR) is 210 cm³/mol. The van der Waals surface area contributed by atoms with E-state index >= 15 is 0 Å². The van der Waals surface area contributed by atoms with Crippen molar-refractivity contribution in [3.63, 3.8) is 0 Å². The maximum atomic E-state index is 13.3. The smallest absolute Gasteiger partial charge is 0.266 e. The van der Waals surface area contributed by atoms with Crippen LogP contribution in [0.2, 0.25) is 0 Å². The number of allylic oxidation sites excluding steroid dienone is 1. The van der Waals surface area contributed by atoms with Gasteiger partial charge in [0.1, 0.15) is 25.0 Å². The zero-order valence-corrected chi connectivity index (χ0v) is 31.2. The van der Waals surface area contributed by atoms with E-state index in [2.05, 4.69) is 54.8 Å². The van der Waals surface area contributed by atoms with Gasteiger partial charge in [-0.25, -0.2) is 4.98 Å². The Kier molecular flexibility index (Phi) is 11.3. The third kappa shape index (κ3) is 8.14. The van der Waals surface area contributed by atoms with Crippen LogP contribution in [0.15, 0.2) is 85.5 Å². The summed E-state index contributed by atoms with van der Waals surface area (Å²) in [5, 5.41) is 4.92. The van der Waals surface area contributed by atoms with E-state index in [9.17, 15) is 14.4 Å². The van der Waals surface area contributed by atoms with Gasteiger partial charge < -0.3 is 29.2 Å². The zero-order valence-electron chi connectivity index (χ0n) is 31.2. The summed E-state index contributed by atoms with van der Waals surface area (Å²) in [4.78, 5) is 57.0. The summed E-state index contributed by atoms with van der Waals surface area (Å²) < 4.78 is 23.3. The molecule has 0 saturated carbocycles. The molecule has 0 radical (unpaired) electrons. The molecule has 0 spiro atoms. The summed E-state index contributed by atoms with van der Waals surface area (Å²) in [6.45, 7) is 11.9. The van der Waals surface area contributed by atoms with Crippen LogP contribution >= 0.6 is 0 Å². The van der Waals surface area contributed by atoms with Crippen LogP contribution in [0.25, 0.3) is 32.9 Å². The largest absolute Gasteiger partial charge is 0.490 e. The number of aromatic nitrogens is 3. The van der Waals surface area contributed by atoms with Crippen LogP contribution in [0.5, 0.6) is 11.6 Å². The number of fused-ring (bicyclic) bond motifs is 4. The summed E-state index contributed by atoms with van der Waals surface area (Å²) in [7, 11) is 0. The minimum absolute atomic E-state index is 0.182. The van der Waals surface area contributed by atoms with E-state index in [1.807, 2.05) is 30.6 Å². The van der Waals surface area contributed by atoms with Crippen molar-refractivity contribution in [1.82, 2.24) is 35.0 Å². The van der Waals surface area contributed by atoms with E-state index in [1.165, 1.54) is 0 Å². The van der Waals surface area contributed by atoms with E-state index in [0.29, 0.717) is 63.2 Å². The molecule has 5 aromatic rings. The summed E-state index contributed by atoms with van der Waals surface area (Å²) in [5.74, 6) is -0.494. The van der Waals surface area contributed by atoms with E-state index in [1.54, 1.807) is 24.4 Å². The first kappa shape index (κ1) is 37.3. The van der Waals surface area contributed by atoms with Crippen LogP contribution in [0, 0.1) is 0 Å². The zero-order chi connectivity index (χ0) is 38.4. The lowest BCUT2D eigenvalue weighted by Gasteiger charge is -2.34. The molecule has 8 rings (SSSR count). The summed E-state index contributed by atoms with van der Waals surface area (Å²) >= 11 is 0. The Morgan fingerprint density at radius 2 is 1.52 bits per heavy atom. The second-order valence-corrected chi connectivity index (χ2v) is 14.1. The predicted octanol–water partition coefficient (Wildman–Crippen LogP) is 4.28. The van der Waals surface area contributed by atoms with Gasteiger partial charge in [-0.05, 0) is 48.7 Å². The van der Waals surface area contributed by atoms with Crippen LogP contribution in [0.4, 0.5) is 0 Å². The number of amides is 3. The van der Waals surface area contributed by atoms with Crippen molar-refractivity contribution in [1.29, 1.82) is 0 Å². The van der Waals surface area contributed by atoms with E-state index in [-0.39, 0.29) is 17.7 Å². The Labute approximate surface area is 324 Å². The summed E-state index contributed by atoms with van der Waals surface area (Å²) in [6, 6.07) is 16.4. The highest BCUT2D eigenvalue weighted by Gasteiger charge is 2.45. The third-order valence-corrected chi connectivity index (χ3v) is 10.5. The minimum atomic E-state index is -0.869. The molecule has 1 atom stereocenters. The monoisotopic (exact) mass is 759 g/mol. The number of hydrogen-bond donors (Lipinski definition) is 2. The average molecular weight is 760 g/mol. The molecular formula is C42H45N7O7. The molecule has 3 aliphatic heterocycles. The number of nitrogens with one attached hydrogen (secondary N) is 2. The van der Waals surface area contributed by atoms with Crippen molar-refractivity contribution >= 4 is 39.5 Å². The normalized spacial score (nSPS) is 17.9. The first-order chi connectivity index (χ1) is 27.4. The molecule has 14 heteroatoms. The Hall–Kier alpha value is -5.67. The fourth-order valence-corrected chi connectivity index (χ4v) is 7.49. The number of piperidine rings is 1. The van der Waals surface area contributed by atoms with Crippen molar-refractivity contribution in [2.24, 2.45) is 0 Å². The quantitative estimate of drug-likeness (QED) is 0.110. The SMILES string of the molecule is C=C1CCC(N2C(=O)c3cccc(OCCOCCOCCN4CCN(CCOc5ccc(-c6ccc7c(c6)[nH]c6ccncc67)cn5)CC4)c3C2=O)C(=O)N1. The van der Waals surface area contributed by atoms with Crippen LogP contribution in [0.1, 0.15) is 33.6 Å². The fraction of sp³-hybridized carbons (Fsp3) is 0.357. The van der Waals surface area contributed by atoms with Crippen LogP contribution < -0.4 is 14.8 Å². The van der Waals surface area contributed by atoms with Gasteiger partial charge in [-0.15, -0.1) is 0 Å². The van der Waals surface area contributed by atoms with Gasteiger partial charge in [-0.2, -0.15) is 0 Å². The number of carbonyl (C=O) groups is 3. The molecule has 3 aliphatic rings. The molecule has 56 heavy (non-hydrogen) atoms. The van der Waals surface area contributed by atoms with Crippen molar-refractivity contribution < 1.29 is 33.3 Å². The lowest BCUT2D eigenvalue weighted by atomic mass is 10.0. The second kappa shape index (κ2) is 17.0. The molecular weight excluding hydrogens is 715 g/mol. The molecule has 6 heterocycles. The number of benzene rings is 2. The highest BCUT2D eigenvalue weighted by Crippen LogP contribution is 2.34. The van der Waals surface area contributed by atoms with E-state index in [0.717, 1.165) is 77.1 Å². The van der Waals surface area contributed by atoms with E-state index in [4.69, 9.17) is 18.9 Å². The van der Waals surface area contributed by atoms with Gasteiger partial charge in [0.2, 0.25) is 11.8 Å². The molecule has 290 valence electrons. The number of ether oxygens (including phenoxy) is 4. The molecule has 2 N–H and O–H groups in total. The summed E-state index contributed by atoms with van der Waals surface area (Å²) in [6.07, 6.45) is 6.40. The topological polar surface area (TPSA) is 151 Å². The molecule has 2 aromatic carbocycles. The van der Waals surface area contributed by atoms with Gasteiger partial charge in [0, 0.05) is 97.0 Å². The van der Waals surface area contributed by atoms with Gasteiger partial charge in [-0.1, -0.05) is 24.8 Å². The number of imide groups is 1. The molecule has 0 bridgehead atoms. The number of aromatic amines is 1. The van der Waals surface area contributed by atoms with Crippen molar-refractivity contribution in [2.75, 3.05) is 78.9 Å². The van der Waals surface area contributed by atoms with Gasteiger partial charge >= 0.3 is 0 Å². The van der Waals surface area contributed by atoms with Crippen molar-refractivity contribution in [2.45, 2.75) is 18.9 Å². The Morgan fingerprint density at radius 3 is 2.30 bits per heavy atom. The number of H-pyrrole nitrogens is 1. The Bertz CT molecular complexity index is 2230. The fourth-order valence-electron chi connectivity index (χ4n) is 7.49. The van der Waals surface area contributed by atoms with Gasteiger partial charge in [-0.3, -0.25) is 34.1 Å². The molecule has 2 saturated heterocycles. The highest BCUT2D eigenvalue weighted by atomic mass is 16.5. The van der Waals surface area contributed by atoms with Crippen LogP contribution in [-0.4, -0.2) is 132 Å². The average Bonchev–Trinajstić information content (AvgIpc) is 3.71. The first-order valence-electron chi connectivity index (χ1n) is 19.1. The molecule has 14 nitrogen and oxygen atoms in total. The molecule has 3 aromatic heterocycles.